The Morgan fingerprint density at radius 2 is 1.05 bits per heavy atom. The standard InChI is InChI=1S/C16H14N4/c17-19-15-11-7-3-1-5-9(11)13-14(15)10-6-2-4-8-12(10)16(13)20-18/h1-8,13-14H,17-18H2/b19-15+,20-16+/t13-,14-/m0/s1. The molecule has 20 heavy (non-hydrogen) atoms. The molecule has 0 spiro atoms. The fourth-order valence-electron chi connectivity index (χ4n) is 3.61. The highest BCUT2D eigenvalue weighted by molar-refractivity contribution is 6.23. The van der Waals surface area contributed by atoms with Crippen molar-refractivity contribution < 1.29 is 0 Å². The highest BCUT2D eigenvalue weighted by Crippen LogP contribution is 2.51. The second-order valence-electron chi connectivity index (χ2n) is 5.16. The number of nitrogens with zero attached hydrogens (tertiary/aromatic N) is 2. The third kappa shape index (κ3) is 1.20. The van der Waals surface area contributed by atoms with Crippen LogP contribution < -0.4 is 11.7 Å². The van der Waals surface area contributed by atoms with E-state index in [4.69, 9.17) is 11.7 Å². The summed E-state index contributed by atoms with van der Waals surface area (Å²) >= 11 is 0. The summed E-state index contributed by atoms with van der Waals surface area (Å²) in [5, 5.41) is 8.12. The van der Waals surface area contributed by atoms with E-state index in [2.05, 4.69) is 34.5 Å². The molecule has 0 amide bonds. The van der Waals surface area contributed by atoms with Gasteiger partial charge < -0.3 is 11.7 Å². The van der Waals surface area contributed by atoms with Crippen LogP contribution in [0.5, 0.6) is 0 Å². The molecule has 2 aliphatic rings. The zero-order chi connectivity index (χ0) is 13.7. The Hall–Kier alpha value is -2.62. The average Bonchev–Trinajstić information content (AvgIpc) is 2.99. The third-order valence-corrected chi connectivity index (χ3v) is 4.34. The first-order valence-electron chi connectivity index (χ1n) is 6.61. The number of hydrogen-bond acceptors (Lipinski definition) is 4. The van der Waals surface area contributed by atoms with Crippen LogP contribution >= 0.6 is 0 Å². The number of fused-ring (bicyclic) bond motifs is 5. The second kappa shape index (κ2) is 3.93. The van der Waals surface area contributed by atoms with Crippen molar-refractivity contribution in [2.24, 2.45) is 21.9 Å². The third-order valence-electron chi connectivity index (χ3n) is 4.34. The minimum atomic E-state index is 0.135. The molecule has 2 atom stereocenters. The molecule has 0 saturated carbocycles. The molecule has 4 heteroatoms. The van der Waals surface area contributed by atoms with E-state index in [0.29, 0.717) is 0 Å². The number of benzene rings is 2. The van der Waals surface area contributed by atoms with Crippen LogP contribution in [-0.2, 0) is 0 Å². The molecule has 98 valence electrons. The molecule has 4 rings (SSSR count). The maximum Gasteiger partial charge on any atom is 0.0760 e. The Bertz CT molecular complexity index is 695. The first kappa shape index (κ1) is 11.2. The normalized spacial score (nSPS) is 26.6. The van der Waals surface area contributed by atoms with Crippen LogP contribution in [0.3, 0.4) is 0 Å². The van der Waals surface area contributed by atoms with Crippen molar-refractivity contribution in [3.8, 4) is 0 Å². The summed E-state index contributed by atoms with van der Waals surface area (Å²) in [6.07, 6.45) is 0. The predicted octanol–water partition coefficient (Wildman–Crippen LogP) is 1.91. The second-order valence-corrected chi connectivity index (χ2v) is 5.16. The van der Waals surface area contributed by atoms with E-state index in [1.54, 1.807) is 0 Å². The Morgan fingerprint density at radius 3 is 1.45 bits per heavy atom. The van der Waals surface area contributed by atoms with E-state index in [0.717, 1.165) is 22.6 Å². The van der Waals surface area contributed by atoms with Crippen LogP contribution in [0.15, 0.2) is 58.7 Å². The monoisotopic (exact) mass is 262 g/mol. The summed E-state index contributed by atoms with van der Waals surface area (Å²) in [5.41, 5.74) is 6.50. The van der Waals surface area contributed by atoms with E-state index >= 15 is 0 Å². The van der Waals surface area contributed by atoms with Crippen molar-refractivity contribution >= 4 is 11.4 Å². The molecule has 0 unspecified atom stereocenters. The average molecular weight is 262 g/mol. The molecule has 0 radical (unpaired) electrons. The van der Waals surface area contributed by atoms with E-state index < -0.39 is 0 Å². The molecule has 0 heterocycles. The number of hydrazone groups is 2. The highest BCUT2D eigenvalue weighted by Gasteiger charge is 2.47. The quantitative estimate of drug-likeness (QED) is 0.562. The van der Waals surface area contributed by atoms with Crippen molar-refractivity contribution in [2.45, 2.75) is 11.8 Å². The lowest BCUT2D eigenvalue weighted by Crippen LogP contribution is -2.13. The van der Waals surface area contributed by atoms with E-state index in [1.807, 2.05) is 24.3 Å². The summed E-state index contributed by atoms with van der Waals surface area (Å²) in [6.45, 7) is 0. The number of rotatable bonds is 0. The van der Waals surface area contributed by atoms with Crippen molar-refractivity contribution in [1.82, 2.24) is 0 Å². The van der Waals surface area contributed by atoms with Gasteiger partial charge in [0.15, 0.2) is 0 Å². The largest absolute Gasteiger partial charge is 0.323 e. The molecule has 0 aromatic heterocycles. The summed E-state index contributed by atoms with van der Waals surface area (Å²) in [5.74, 6) is 11.6. The van der Waals surface area contributed by atoms with Gasteiger partial charge in [-0.2, -0.15) is 10.2 Å². The highest BCUT2D eigenvalue weighted by atomic mass is 15.1. The first-order chi connectivity index (χ1) is 9.86. The molecule has 2 aromatic rings. The van der Waals surface area contributed by atoms with Gasteiger partial charge in [-0.3, -0.25) is 0 Å². The van der Waals surface area contributed by atoms with E-state index in [9.17, 15) is 0 Å². The summed E-state index contributed by atoms with van der Waals surface area (Å²) < 4.78 is 0. The first-order valence-corrected chi connectivity index (χ1v) is 6.61. The van der Waals surface area contributed by atoms with E-state index in [1.165, 1.54) is 11.1 Å². The lowest BCUT2D eigenvalue weighted by molar-refractivity contribution is 0.869. The zero-order valence-corrected chi connectivity index (χ0v) is 10.8. The molecule has 2 aromatic carbocycles. The maximum absolute atomic E-state index is 5.67. The molecular formula is C16H14N4. The SMILES string of the molecule is N/N=C1\c2ccccc2[C@@H]2/C(=N/N)c3ccccc3[C@H]12. The lowest BCUT2D eigenvalue weighted by atomic mass is 9.92. The Kier molecular flexibility index (Phi) is 2.21. The van der Waals surface area contributed by atoms with Crippen LogP contribution in [0.25, 0.3) is 0 Å². The van der Waals surface area contributed by atoms with Gasteiger partial charge in [0.25, 0.3) is 0 Å². The Balaban J connectivity index is 2.05. The molecule has 4 N–H and O–H groups in total. The number of hydrogen-bond donors (Lipinski definition) is 2. The fourth-order valence-corrected chi connectivity index (χ4v) is 3.61. The summed E-state index contributed by atoms with van der Waals surface area (Å²) in [7, 11) is 0. The lowest BCUT2D eigenvalue weighted by Gasteiger charge is -2.11. The van der Waals surface area contributed by atoms with Gasteiger partial charge in [0.2, 0.25) is 0 Å². The van der Waals surface area contributed by atoms with Crippen LogP contribution in [0.4, 0.5) is 0 Å². The van der Waals surface area contributed by atoms with Gasteiger partial charge in [-0.15, -0.1) is 0 Å². The smallest absolute Gasteiger partial charge is 0.0760 e. The van der Waals surface area contributed by atoms with Crippen molar-refractivity contribution in [2.75, 3.05) is 0 Å². The minimum absolute atomic E-state index is 0.135. The molecule has 4 nitrogen and oxygen atoms in total. The van der Waals surface area contributed by atoms with Gasteiger partial charge in [-0.25, -0.2) is 0 Å². The predicted molar refractivity (Wildman–Crippen MR) is 79.8 cm³/mol. The molecule has 0 aliphatic heterocycles. The van der Waals surface area contributed by atoms with Crippen molar-refractivity contribution in [3.63, 3.8) is 0 Å². The van der Waals surface area contributed by atoms with Gasteiger partial charge in [-0.1, -0.05) is 48.5 Å². The zero-order valence-electron chi connectivity index (χ0n) is 10.8. The Labute approximate surface area is 116 Å². The van der Waals surface area contributed by atoms with Crippen molar-refractivity contribution in [3.05, 3.63) is 70.8 Å². The van der Waals surface area contributed by atoms with E-state index in [-0.39, 0.29) is 11.8 Å². The van der Waals surface area contributed by atoms with Crippen molar-refractivity contribution in [1.29, 1.82) is 0 Å². The van der Waals surface area contributed by atoms with Gasteiger partial charge in [0, 0.05) is 23.0 Å². The van der Waals surface area contributed by atoms with Gasteiger partial charge >= 0.3 is 0 Å². The fraction of sp³-hybridized carbons (Fsp3) is 0.125. The maximum atomic E-state index is 5.67. The van der Waals surface area contributed by atoms with Gasteiger partial charge in [0.05, 0.1) is 11.4 Å². The molecular weight excluding hydrogens is 248 g/mol. The van der Waals surface area contributed by atoms with Crippen LogP contribution in [0.2, 0.25) is 0 Å². The summed E-state index contributed by atoms with van der Waals surface area (Å²) in [6, 6.07) is 16.4. The molecule has 2 aliphatic carbocycles. The minimum Gasteiger partial charge on any atom is -0.323 e. The molecule has 0 bridgehead atoms. The van der Waals surface area contributed by atoms with Crippen LogP contribution in [-0.4, -0.2) is 11.4 Å². The summed E-state index contributed by atoms with van der Waals surface area (Å²) in [4.78, 5) is 0. The topological polar surface area (TPSA) is 76.8 Å². The van der Waals surface area contributed by atoms with Gasteiger partial charge in [0.1, 0.15) is 0 Å². The number of nitrogens with two attached hydrogens (primary N) is 2. The molecule has 0 fully saturated rings. The van der Waals surface area contributed by atoms with Gasteiger partial charge in [-0.05, 0) is 11.1 Å². The van der Waals surface area contributed by atoms with Crippen LogP contribution in [0, 0.1) is 0 Å². The Morgan fingerprint density at radius 1 is 0.650 bits per heavy atom. The molecule has 0 saturated heterocycles. The van der Waals surface area contributed by atoms with Crippen LogP contribution in [0.1, 0.15) is 34.1 Å².